The first kappa shape index (κ1) is 33.4. The van der Waals surface area contributed by atoms with Crippen LogP contribution >= 0.6 is 12.0 Å². The zero-order chi connectivity index (χ0) is 31.9. The van der Waals surface area contributed by atoms with Crippen molar-refractivity contribution >= 4 is 44.7 Å². The Kier molecular flexibility index (Phi) is 11.4. The van der Waals surface area contributed by atoms with Crippen molar-refractivity contribution in [3.8, 4) is 22.5 Å². The molecule has 0 unspecified atom stereocenters. The zero-order valence-electron chi connectivity index (χ0n) is 25.2. The Morgan fingerprint density at radius 2 is 1.73 bits per heavy atom. The van der Waals surface area contributed by atoms with E-state index in [1.54, 1.807) is 6.07 Å². The molecule has 0 saturated heterocycles. The Morgan fingerprint density at radius 3 is 2.39 bits per heavy atom. The van der Waals surface area contributed by atoms with Gasteiger partial charge >= 0.3 is 5.97 Å². The second-order valence-corrected chi connectivity index (χ2v) is 12.5. The summed E-state index contributed by atoms with van der Waals surface area (Å²) in [6.07, 6.45) is -0.0123. The normalized spacial score (nSPS) is 11.8. The van der Waals surface area contributed by atoms with Gasteiger partial charge < -0.3 is 14.4 Å². The quantitative estimate of drug-likeness (QED) is 0.0383. The number of aliphatic carboxylic acids is 1. The first-order valence-corrected chi connectivity index (χ1v) is 16.7. The Bertz CT molecular complexity index is 1760. The second-order valence-electron chi connectivity index (χ2n) is 9.96. The van der Waals surface area contributed by atoms with Crippen LogP contribution in [0.3, 0.4) is 0 Å². The summed E-state index contributed by atoms with van der Waals surface area (Å²) in [7, 11) is -3.98. The van der Waals surface area contributed by atoms with E-state index in [2.05, 4.69) is 46.9 Å². The Hall–Kier alpha value is -3.46. The highest BCUT2D eigenvalue weighted by Crippen LogP contribution is 2.44. The van der Waals surface area contributed by atoms with E-state index in [4.69, 9.17) is 19.1 Å². The van der Waals surface area contributed by atoms with Gasteiger partial charge in [-0.25, -0.2) is 23.0 Å². The van der Waals surface area contributed by atoms with Crippen LogP contribution in [0.1, 0.15) is 40.5 Å². The van der Waals surface area contributed by atoms with Crippen molar-refractivity contribution < 1.29 is 37.4 Å². The highest BCUT2D eigenvalue weighted by atomic mass is 32.2. The summed E-state index contributed by atoms with van der Waals surface area (Å²) >= 11 is 0.663. The number of carbonyl (C=O) groups is 1. The average molecular weight is 645 g/mol. The van der Waals surface area contributed by atoms with Crippen LogP contribution in [0.5, 0.6) is 0 Å². The van der Waals surface area contributed by atoms with Crippen LogP contribution in [0.2, 0.25) is 0 Å². The van der Waals surface area contributed by atoms with Crippen LogP contribution in [0.25, 0.3) is 33.4 Å². The van der Waals surface area contributed by atoms with E-state index in [1.165, 1.54) is 12.1 Å². The lowest BCUT2D eigenvalue weighted by molar-refractivity contribution is -0.432. The first-order chi connectivity index (χ1) is 21.2. The molecule has 1 aliphatic heterocycles. The Morgan fingerprint density at radius 1 is 1.00 bits per heavy atom. The van der Waals surface area contributed by atoms with Gasteiger partial charge in [0.05, 0.1) is 23.0 Å². The third-order valence-corrected chi connectivity index (χ3v) is 9.60. The molecule has 0 aromatic heterocycles. The molecule has 0 saturated carbocycles. The van der Waals surface area contributed by atoms with Gasteiger partial charge in [0.25, 0.3) is 0 Å². The molecular weight excluding hydrogens is 606 g/mol. The van der Waals surface area contributed by atoms with Crippen LogP contribution in [0.4, 0.5) is 5.69 Å². The molecule has 0 fully saturated rings. The monoisotopic (exact) mass is 644 g/mol. The topological polar surface area (TPSA) is 142 Å². The average Bonchev–Trinajstić information content (AvgIpc) is 3.02. The maximum absolute atomic E-state index is 13.1. The van der Waals surface area contributed by atoms with Gasteiger partial charge in [0.2, 0.25) is 15.4 Å². The minimum absolute atomic E-state index is 0.0334. The number of nitrogens with zero attached hydrogens (tertiary/aromatic N) is 2. The molecule has 0 amide bonds. The van der Waals surface area contributed by atoms with Crippen molar-refractivity contribution in [2.24, 2.45) is 0 Å². The number of anilines is 1. The molecule has 0 atom stereocenters. The van der Waals surface area contributed by atoms with Crippen molar-refractivity contribution in [3.05, 3.63) is 60.0 Å². The Labute approximate surface area is 261 Å². The Balaban J connectivity index is 1.96. The molecular formula is C31H38N3O8S2+. The van der Waals surface area contributed by atoms with Crippen LogP contribution in [0.15, 0.2) is 68.8 Å². The first-order valence-electron chi connectivity index (χ1n) is 14.5. The summed E-state index contributed by atoms with van der Waals surface area (Å²) in [6.45, 7) is 11.7. The fraction of sp³-hybridized carbons (Fsp3) is 0.355. The summed E-state index contributed by atoms with van der Waals surface area (Å²) < 4.78 is 42.2. The van der Waals surface area contributed by atoms with Gasteiger partial charge in [-0.2, -0.15) is 0 Å². The number of hydrogen-bond donors (Lipinski definition) is 3. The molecule has 13 heteroatoms. The van der Waals surface area contributed by atoms with E-state index < -0.39 is 16.0 Å². The van der Waals surface area contributed by atoms with Gasteiger partial charge in [-0.05, 0) is 70.0 Å². The molecule has 44 heavy (non-hydrogen) atoms. The molecule has 11 nitrogen and oxygen atoms in total. The SMILES string of the molecule is CCN(CC)c1ccc2c(-c3ccc(S(=O)(=O)NCCCC(=O)O)cc3SOOO)c3ccc(=[N+](CC)CC)cc-3oc2c1. The van der Waals surface area contributed by atoms with Crippen LogP contribution < -0.4 is 19.6 Å². The minimum atomic E-state index is -3.98. The van der Waals surface area contributed by atoms with Crippen molar-refractivity contribution in [2.75, 3.05) is 37.6 Å². The molecule has 2 aliphatic rings. The van der Waals surface area contributed by atoms with Crippen molar-refractivity contribution in [1.82, 2.24) is 9.30 Å². The molecule has 3 N–H and O–H groups in total. The smallest absolute Gasteiger partial charge is 0.303 e. The molecule has 2 aromatic carbocycles. The predicted octanol–water partition coefficient (Wildman–Crippen LogP) is 5.43. The molecule has 0 radical (unpaired) electrons. The second kappa shape index (κ2) is 15.0. The lowest BCUT2D eigenvalue weighted by atomic mass is 9.93. The van der Waals surface area contributed by atoms with E-state index in [-0.39, 0.29) is 24.3 Å². The summed E-state index contributed by atoms with van der Waals surface area (Å²) in [6, 6.07) is 16.7. The summed E-state index contributed by atoms with van der Waals surface area (Å²) in [4.78, 5) is 13.4. The molecule has 4 rings (SSSR count). The number of carboxylic acid groups (broad SMARTS) is 1. The number of sulfonamides is 1. The van der Waals surface area contributed by atoms with Crippen LogP contribution in [0, 0.1) is 0 Å². The number of rotatable bonds is 15. The molecule has 1 heterocycles. The summed E-state index contributed by atoms with van der Waals surface area (Å²) in [5.74, 6) is -0.350. The van der Waals surface area contributed by atoms with Crippen molar-refractivity contribution in [3.63, 3.8) is 0 Å². The van der Waals surface area contributed by atoms with E-state index in [9.17, 15) is 13.2 Å². The molecule has 0 bridgehead atoms. The minimum Gasteiger partial charge on any atom is -0.481 e. The fourth-order valence-electron chi connectivity index (χ4n) is 5.26. The molecule has 2 aromatic rings. The van der Waals surface area contributed by atoms with E-state index in [0.717, 1.165) is 53.7 Å². The number of nitrogens with one attached hydrogen (secondary N) is 1. The van der Waals surface area contributed by atoms with Gasteiger partial charge in [-0.1, -0.05) is 11.1 Å². The zero-order valence-corrected chi connectivity index (χ0v) is 26.8. The van der Waals surface area contributed by atoms with Crippen LogP contribution in [-0.2, 0) is 24.2 Å². The highest BCUT2D eigenvalue weighted by Gasteiger charge is 2.24. The van der Waals surface area contributed by atoms with E-state index in [1.807, 2.05) is 36.4 Å². The third-order valence-electron chi connectivity index (χ3n) is 7.49. The van der Waals surface area contributed by atoms with E-state index >= 15 is 0 Å². The predicted molar refractivity (Wildman–Crippen MR) is 171 cm³/mol. The van der Waals surface area contributed by atoms with E-state index in [0.29, 0.717) is 33.8 Å². The largest absolute Gasteiger partial charge is 0.481 e. The van der Waals surface area contributed by atoms with Crippen LogP contribution in [-0.4, -0.2) is 57.5 Å². The number of hydrogen-bond acceptors (Lipinski definition) is 9. The van der Waals surface area contributed by atoms with Crippen molar-refractivity contribution in [2.45, 2.75) is 50.3 Å². The fourth-order valence-corrected chi connectivity index (χ4v) is 6.97. The van der Waals surface area contributed by atoms with Gasteiger partial charge in [0.15, 0.2) is 0 Å². The molecule has 1 aliphatic carbocycles. The molecule has 0 spiro atoms. The maximum Gasteiger partial charge on any atom is 0.303 e. The number of fused-ring (bicyclic) bond motifs is 2. The molecule has 236 valence electrons. The number of carboxylic acids is 1. The van der Waals surface area contributed by atoms with Gasteiger partial charge in [0.1, 0.15) is 24.4 Å². The van der Waals surface area contributed by atoms with Crippen molar-refractivity contribution in [1.29, 1.82) is 0 Å². The standard InChI is InChI=1S/C31H37N3O8S2/c1-5-33(6-2)21-11-14-24-27(18-21)40-28-19-22(34(7-3)8-4)12-15-25(28)31(24)26-16-13-23(20-29(26)43-42-41-37)44(38,39)32-17-9-10-30(35)36/h11-16,18-20,32H,5-10,17H2,1-4H3,(H-,35,36,37)/p+1. The maximum atomic E-state index is 13.1. The van der Waals surface area contributed by atoms with Gasteiger partial charge in [0, 0.05) is 65.3 Å². The highest BCUT2D eigenvalue weighted by molar-refractivity contribution is 7.94. The van der Waals surface area contributed by atoms with Gasteiger partial charge in [-0.3, -0.25) is 4.79 Å². The lowest BCUT2D eigenvalue weighted by Gasteiger charge is -2.22. The lowest BCUT2D eigenvalue weighted by Crippen LogP contribution is -2.29. The summed E-state index contributed by atoms with van der Waals surface area (Å²) in [5, 5.41) is 23.5. The van der Waals surface area contributed by atoms with Gasteiger partial charge in [-0.15, -0.1) is 4.33 Å². The summed E-state index contributed by atoms with van der Waals surface area (Å²) in [5.41, 5.74) is 3.90. The number of benzene rings is 3. The third kappa shape index (κ3) is 7.42.